The fraction of sp³-hybridized carbons (Fsp3) is 0.300. The maximum absolute atomic E-state index is 12.3. The van der Waals surface area contributed by atoms with Crippen LogP contribution in [0.4, 0.5) is 0 Å². The molecule has 0 fully saturated rings. The van der Waals surface area contributed by atoms with E-state index in [2.05, 4.69) is 4.74 Å². The lowest BCUT2D eigenvalue weighted by Gasteiger charge is -2.17. The van der Waals surface area contributed by atoms with Gasteiger partial charge in [-0.3, -0.25) is 9.59 Å². The minimum Gasteiger partial charge on any atom is -0.489 e. The van der Waals surface area contributed by atoms with Crippen molar-refractivity contribution in [2.45, 2.75) is 19.4 Å². The Hall–Kier alpha value is -2.82. The molecule has 2 aromatic rings. The molecule has 132 valence electrons. The van der Waals surface area contributed by atoms with E-state index in [1.165, 1.54) is 7.11 Å². The predicted molar refractivity (Wildman–Crippen MR) is 95.4 cm³/mol. The van der Waals surface area contributed by atoms with Gasteiger partial charge in [0.05, 0.1) is 7.11 Å². The van der Waals surface area contributed by atoms with Gasteiger partial charge in [-0.1, -0.05) is 30.3 Å². The summed E-state index contributed by atoms with van der Waals surface area (Å²) in [6.07, 6.45) is 0.883. The topological polar surface area (TPSA) is 55.8 Å². The van der Waals surface area contributed by atoms with Gasteiger partial charge in [0.2, 0.25) is 0 Å². The maximum atomic E-state index is 12.3. The van der Waals surface area contributed by atoms with E-state index in [1.807, 2.05) is 30.3 Å². The summed E-state index contributed by atoms with van der Waals surface area (Å²) < 4.78 is 10.3. The SMILES string of the molecule is COC(=O)CCCN(C)C(=O)c1ccc(OCc2ccccc2)cc1. The highest BCUT2D eigenvalue weighted by Crippen LogP contribution is 2.15. The van der Waals surface area contributed by atoms with E-state index in [4.69, 9.17) is 4.74 Å². The number of nitrogens with zero attached hydrogens (tertiary/aromatic N) is 1. The van der Waals surface area contributed by atoms with Crippen molar-refractivity contribution in [1.82, 2.24) is 4.90 Å². The molecule has 0 spiro atoms. The molecule has 0 heterocycles. The fourth-order valence-electron chi connectivity index (χ4n) is 2.32. The van der Waals surface area contributed by atoms with Crippen molar-refractivity contribution in [3.8, 4) is 5.75 Å². The third-order valence-corrected chi connectivity index (χ3v) is 3.80. The standard InChI is InChI=1S/C20H23NO4/c1-21(14-6-9-19(22)24-2)20(23)17-10-12-18(13-11-17)25-15-16-7-4-3-5-8-16/h3-5,7-8,10-13H,6,9,14-15H2,1-2H3. The second-order valence-corrected chi connectivity index (χ2v) is 5.71. The van der Waals surface area contributed by atoms with Crippen molar-refractivity contribution >= 4 is 11.9 Å². The molecule has 0 aromatic heterocycles. The van der Waals surface area contributed by atoms with Gasteiger partial charge in [0.25, 0.3) is 5.91 Å². The second-order valence-electron chi connectivity index (χ2n) is 5.71. The molecule has 1 amide bonds. The summed E-state index contributed by atoms with van der Waals surface area (Å²) in [6, 6.07) is 17.0. The first-order chi connectivity index (χ1) is 12.1. The van der Waals surface area contributed by atoms with Crippen molar-refractivity contribution in [2.75, 3.05) is 20.7 Å². The molecule has 0 aliphatic heterocycles. The summed E-state index contributed by atoms with van der Waals surface area (Å²) in [5.41, 5.74) is 1.68. The summed E-state index contributed by atoms with van der Waals surface area (Å²) in [4.78, 5) is 25.0. The molecular weight excluding hydrogens is 318 g/mol. The number of carbonyl (C=O) groups excluding carboxylic acids is 2. The Balaban J connectivity index is 1.83. The fourth-order valence-corrected chi connectivity index (χ4v) is 2.32. The molecule has 0 bridgehead atoms. The van der Waals surface area contributed by atoms with E-state index in [-0.39, 0.29) is 11.9 Å². The molecule has 5 heteroatoms. The lowest BCUT2D eigenvalue weighted by atomic mass is 10.2. The normalized spacial score (nSPS) is 10.2. The Kier molecular flexibility index (Phi) is 7.01. The average Bonchev–Trinajstić information content (AvgIpc) is 2.66. The monoisotopic (exact) mass is 341 g/mol. The van der Waals surface area contributed by atoms with Gasteiger partial charge in [0, 0.05) is 25.6 Å². The minimum absolute atomic E-state index is 0.0838. The van der Waals surface area contributed by atoms with Gasteiger partial charge in [-0.05, 0) is 36.2 Å². The van der Waals surface area contributed by atoms with Crippen molar-refractivity contribution in [2.24, 2.45) is 0 Å². The van der Waals surface area contributed by atoms with Crippen LogP contribution in [-0.4, -0.2) is 37.5 Å². The van der Waals surface area contributed by atoms with Gasteiger partial charge in [0.15, 0.2) is 0 Å². The molecule has 5 nitrogen and oxygen atoms in total. The van der Waals surface area contributed by atoms with E-state index < -0.39 is 0 Å². The number of hydrogen-bond acceptors (Lipinski definition) is 4. The Morgan fingerprint density at radius 3 is 2.32 bits per heavy atom. The highest BCUT2D eigenvalue weighted by molar-refractivity contribution is 5.94. The van der Waals surface area contributed by atoms with Crippen LogP contribution < -0.4 is 4.74 Å². The smallest absolute Gasteiger partial charge is 0.305 e. The maximum Gasteiger partial charge on any atom is 0.305 e. The lowest BCUT2D eigenvalue weighted by molar-refractivity contribution is -0.140. The third-order valence-electron chi connectivity index (χ3n) is 3.80. The molecule has 0 N–H and O–H groups in total. The first-order valence-electron chi connectivity index (χ1n) is 8.19. The molecule has 2 rings (SSSR count). The number of hydrogen-bond donors (Lipinski definition) is 0. The summed E-state index contributed by atoms with van der Waals surface area (Å²) in [5.74, 6) is 0.369. The van der Waals surface area contributed by atoms with Crippen LogP contribution >= 0.6 is 0 Å². The zero-order valence-corrected chi connectivity index (χ0v) is 14.6. The number of carbonyl (C=O) groups is 2. The van der Waals surface area contributed by atoms with Crippen molar-refractivity contribution in [1.29, 1.82) is 0 Å². The summed E-state index contributed by atoms with van der Waals surface area (Å²) >= 11 is 0. The van der Waals surface area contributed by atoms with Crippen LogP contribution in [0.3, 0.4) is 0 Å². The van der Waals surface area contributed by atoms with Crippen LogP contribution in [0.2, 0.25) is 0 Å². The lowest BCUT2D eigenvalue weighted by Crippen LogP contribution is -2.28. The van der Waals surface area contributed by atoms with E-state index in [0.717, 1.165) is 5.56 Å². The van der Waals surface area contributed by atoms with Crippen LogP contribution in [-0.2, 0) is 16.1 Å². The first-order valence-corrected chi connectivity index (χ1v) is 8.19. The van der Waals surface area contributed by atoms with Crippen molar-refractivity contribution < 1.29 is 19.1 Å². The van der Waals surface area contributed by atoms with Gasteiger partial charge in [-0.15, -0.1) is 0 Å². The quantitative estimate of drug-likeness (QED) is 0.692. The molecule has 0 atom stereocenters. The molecule has 25 heavy (non-hydrogen) atoms. The molecule has 0 unspecified atom stereocenters. The zero-order chi connectivity index (χ0) is 18.1. The summed E-state index contributed by atoms with van der Waals surface area (Å²) in [5, 5.41) is 0. The van der Waals surface area contributed by atoms with Crippen molar-refractivity contribution in [3.05, 3.63) is 65.7 Å². The van der Waals surface area contributed by atoms with Gasteiger partial charge in [0.1, 0.15) is 12.4 Å². The van der Waals surface area contributed by atoms with Gasteiger partial charge in [-0.25, -0.2) is 0 Å². The molecule has 2 aromatic carbocycles. The molecule has 0 saturated carbocycles. The van der Waals surface area contributed by atoms with Crippen LogP contribution in [0.1, 0.15) is 28.8 Å². The van der Waals surface area contributed by atoms with Crippen LogP contribution in [0.25, 0.3) is 0 Å². The zero-order valence-electron chi connectivity index (χ0n) is 14.6. The Bertz CT molecular complexity index is 683. The van der Waals surface area contributed by atoms with Crippen molar-refractivity contribution in [3.63, 3.8) is 0 Å². The van der Waals surface area contributed by atoms with Crippen LogP contribution in [0.15, 0.2) is 54.6 Å². The second kappa shape index (κ2) is 9.47. The molecular formula is C20H23NO4. The Labute approximate surface area is 148 Å². The number of benzene rings is 2. The number of ether oxygens (including phenoxy) is 2. The molecule has 0 aliphatic rings. The number of methoxy groups -OCH3 is 1. The van der Waals surface area contributed by atoms with Gasteiger partial charge >= 0.3 is 5.97 Å². The van der Waals surface area contributed by atoms with E-state index in [9.17, 15) is 9.59 Å². The first kappa shape index (κ1) is 18.5. The Morgan fingerprint density at radius 1 is 1.00 bits per heavy atom. The van der Waals surface area contributed by atoms with E-state index in [0.29, 0.717) is 37.3 Å². The summed E-state index contributed by atoms with van der Waals surface area (Å²) in [7, 11) is 3.08. The Morgan fingerprint density at radius 2 is 1.68 bits per heavy atom. The largest absolute Gasteiger partial charge is 0.489 e. The number of amides is 1. The average molecular weight is 341 g/mol. The van der Waals surface area contributed by atoms with Gasteiger partial charge in [-0.2, -0.15) is 0 Å². The van der Waals surface area contributed by atoms with Crippen LogP contribution in [0, 0.1) is 0 Å². The van der Waals surface area contributed by atoms with Gasteiger partial charge < -0.3 is 14.4 Å². The summed E-state index contributed by atoms with van der Waals surface area (Å²) in [6.45, 7) is 0.988. The van der Waals surface area contributed by atoms with E-state index in [1.54, 1.807) is 36.2 Å². The van der Waals surface area contributed by atoms with E-state index >= 15 is 0 Å². The van der Waals surface area contributed by atoms with Crippen LogP contribution in [0.5, 0.6) is 5.75 Å². The highest BCUT2D eigenvalue weighted by atomic mass is 16.5. The molecule has 0 saturated heterocycles. The third kappa shape index (κ3) is 5.95. The molecule has 0 aliphatic carbocycles. The number of esters is 1. The minimum atomic E-state index is -0.263. The number of rotatable bonds is 8. The molecule has 0 radical (unpaired) electrons. The highest BCUT2D eigenvalue weighted by Gasteiger charge is 2.12. The predicted octanol–water partition coefficient (Wildman–Crippen LogP) is 3.29.